The molecule has 4 rings (SSSR count). The summed E-state index contributed by atoms with van der Waals surface area (Å²) in [5.41, 5.74) is 1.26. The zero-order valence-electron chi connectivity index (χ0n) is 13.5. The van der Waals surface area contributed by atoms with Gasteiger partial charge in [-0.05, 0) is 31.2 Å². The van der Waals surface area contributed by atoms with Crippen LogP contribution in [0.2, 0.25) is 0 Å². The third kappa shape index (κ3) is 2.76. The second kappa shape index (κ2) is 6.36. The molecule has 122 valence electrons. The molecule has 0 bridgehead atoms. The Morgan fingerprint density at radius 1 is 0.957 bits per heavy atom. The summed E-state index contributed by atoms with van der Waals surface area (Å²) in [7, 11) is 0. The van der Waals surface area contributed by atoms with Gasteiger partial charge in [0.1, 0.15) is 0 Å². The smallest absolute Gasteiger partial charge is 0.332 e. The van der Waals surface area contributed by atoms with Crippen LogP contribution < -0.4 is 5.32 Å². The molecule has 1 unspecified atom stereocenters. The maximum Gasteiger partial charge on any atom is 0.332 e. The number of fused-ring (bicyclic) bond motifs is 1. The Bertz CT molecular complexity index is 580. The molecule has 23 heavy (non-hydrogen) atoms. The third-order valence-corrected chi connectivity index (χ3v) is 5.45. The lowest BCUT2D eigenvalue weighted by Gasteiger charge is -2.51. The van der Waals surface area contributed by atoms with Gasteiger partial charge in [-0.1, -0.05) is 48.9 Å². The Morgan fingerprint density at radius 3 is 2.48 bits per heavy atom. The number of nitrogens with zero attached hydrogens (tertiary/aromatic N) is 2. The Morgan fingerprint density at radius 2 is 1.70 bits per heavy atom. The van der Waals surface area contributed by atoms with Crippen LogP contribution in [-0.4, -0.2) is 35.2 Å². The summed E-state index contributed by atoms with van der Waals surface area (Å²) in [6.45, 7) is 1.98. The third-order valence-electron chi connectivity index (χ3n) is 5.45. The van der Waals surface area contributed by atoms with Gasteiger partial charge in [-0.25, -0.2) is 14.8 Å². The van der Waals surface area contributed by atoms with Crippen LogP contribution in [0.5, 0.6) is 0 Å². The first kappa shape index (κ1) is 14.8. The number of piperidine rings is 1. The Balaban J connectivity index is 1.71. The molecule has 1 aromatic rings. The molecule has 3 atom stereocenters. The Labute approximate surface area is 138 Å². The van der Waals surface area contributed by atoms with Gasteiger partial charge in [0, 0.05) is 25.0 Å². The molecule has 2 heterocycles. The summed E-state index contributed by atoms with van der Waals surface area (Å²) in [5, 5.41) is 7.58. The lowest BCUT2D eigenvalue weighted by Crippen LogP contribution is -2.63. The number of benzene rings is 1. The molecule has 3 aliphatic rings. The van der Waals surface area contributed by atoms with Crippen LogP contribution >= 0.6 is 0 Å². The van der Waals surface area contributed by atoms with Crippen molar-refractivity contribution in [2.45, 2.75) is 44.2 Å². The van der Waals surface area contributed by atoms with E-state index in [9.17, 15) is 4.79 Å². The second-order valence-corrected chi connectivity index (χ2v) is 6.88. The van der Waals surface area contributed by atoms with Crippen molar-refractivity contribution in [3.8, 4) is 0 Å². The monoisotopic (exact) mass is 311 g/mol. The minimum atomic E-state index is 0.0808. The predicted octanol–water partition coefficient (Wildman–Crippen LogP) is 3.49. The highest BCUT2D eigenvalue weighted by atomic mass is 16.2. The molecule has 2 fully saturated rings. The summed E-state index contributed by atoms with van der Waals surface area (Å²) in [6.07, 6.45) is 10.1. The van der Waals surface area contributed by atoms with Gasteiger partial charge in [0.05, 0.1) is 6.04 Å². The SMILES string of the molecule is O=C1NC2CC=CC[C@@H]2[C@@H](c2ccccc2)N1N1CCCCC1. The number of carbonyl (C=O) groups is 1. The molecule has 0 aromatic heterocycles. The van der Waals surface area contributed by atoms with Crippen molar-refractivity contribution < 1.29 is 4.79 Å². The molecule has 2 amide bonds. The van der Waals surface area contributed by atoms with E-state index in [-0.39, 0.29) is 18.1 Å². The van der Waals surface area contributed by atoms with Crippen LogP contribution in [0.4, 0.5) is 4.79 Å². The van der Waals surface area contributed by atoms with Gasteiger partial charge >= 0.3 is 6.03 Å². The van der Waals surface area contributed by atoms with E-state index in [0.29, 0.717) is 5.92 Å². The van der Waals surface area contributed by atoms with Gasteiger partial charge < -0.3 is 5.32 Å². The second-order valence-electron chi connectivity index (χ2n) is 6.88. The van der Waals surface area contributed by atoms with Crippen molar-refractivity contribution >= 4 is 6.03 Å². The fourth-order valence-electron chi connectivity index (χ4n) is 4.32. The predicted molar refractivity (Wildman–Crippen MR) is 90.6 cm³/mol. The summed E-state index contributed by atoms with van der Waals surface area (Å²) >= 11 is 0. The number of hydrogen-bond donors (Lipinski definition) is 1. The highest BCUT2D eigenvalue weighted by molar-refractivity contribution is 5.76. The van der Waals surface area contributed by atoms with Crippen LogP contribution in [0, 0.1) is 5.92 Å². The van der Waals surface area contributed by atoms with Crippen molar-refractivity contribution in [3.05, 3.63) is 48.0 Å². The van der Waals surface area contributed by atoms with Crippen molar-refractivity contribution in [3.63, 3.8) is 0 Å². The van der Waals surface area contributed by atoms with Gasteiger partial charge in [0.15, 0.2) is 0 Å². The van der Waals surface area contributed by atoms with E-state index in [0.717, 1.165) is 25.9 Å². The first-order valence-corrected chi connectivity index (χ1v) is 8.89. The van der Waals surface area contributed by atoms with Crippen molar-refractivity contribution in [1.82, 2.24) is 15.3 Å². The van der Waals surface area contributed by atoms with E-state index in [1.54, 1.807) is 0 Å². The molecule has 1 aliphatic carbocycles. The van der Waals surface area contributed by atoms with Crippen LogP contribution in [0.3, 0.4) is 0 Å². The number of nitrogens with one attached hydrogen (secondary N) is 1. The molecular formula is C19H25N3O. The molecule has 4 heteroatoms. The quantitative estimate of drug-likeness (QED) is 0.849. The number of hydrogen-bond acceptors (Lipinski definition) is 2. The summed E-state index contributed by atoms with van der Waals surface area (Å²) < 4.78 is 0. The minimum Gasteiger partial charge on any atom is -0.333 e. The van der Waals surface area contributed by atoms with E-state index in [2.05, 4.69) is 52.8 Å². The molecule has 0 radical (unpaired) electrons. The van der Waals surface area contributed by atoms with E-state index in [4.69, 9.17) is 0 Å². The number of hydrazine groups is 1. The van der Waals surface area contributed by atoms with Gasteiger partial charge in [0.2, 0.25) is 0 Å². The maximum absolute atomic E-state index is 12.9. The van der Waals surface area contributed by atoms with Crippen LogP contribution in [-0.2, 0) is 0 Å². The molecule has 0 spiro atoms. The van der Waals surface area contributed by atoms with E-state index in [1.807, 2.05) is 5.01 Å². The number of amides is 2. The topological polar surface area (TPSA) is 35.6 Å². The maximum atomic E-state index is 12.9. The zero-order valence-corrected chi connectivity index (χ0v) is 13.5. The summed E-state index contributed by atoms with van der Waals surface area (Å²) in [5.74, 6) is 0.446. The van der Waals surface area contributed by atoms with Crippen LogP contribution in [0.1, 0.15) is 43.7 Å². The highest BCUT2D eigenvalue weighted by Gasteiger charge is 2.44. The Hall–Kier alpha value is -1.81. The van der Waals surface area contributed by atoms with Crippen LogP contribution in [0.15, 0.2) is 42.5 Å². The van der Waals surface area contributed by atoms with E-state index in [1.165, 1.54) is 24.8 Å². The number of allylic oxidation sites excluding steroid dienone is 1. The minimum absolute atomic E-state index is 0.0808. The van der Waals surface area contributed by atoms with Crippen molar-refractivity contribution in [2.24, 2.45) is 5.92 Å². The molecule has 1 N–H and O–H groups in total. The average molecular weight is 311 g/mol. The number of rotatable bonds is 2. The largest absolute Gasteiger partial charge is 0.333 e. The first-order valence-electron chi connectivity index (χ1n) is 8.89. The molecular weight excluding hydrogens is 286 g/mol. The van der Waals surface area contributed by atoms with Gasteiger partial charge in [-0.2, -0.15) is 0 Å². The van der Waals surface area contributed by atoms with Gasteiger partial charge in [-0.15, -0.1) is 0 Å². The van der Waals surface area contributed by atoms with Crippen molar-refractivity contribution in [1.29, 1.82) is 0 Å². The first-order chi connectivity index (χ1) is 11.3. The number of urea groups is 1. The Kier molecular flexibility index (Phi) is 4.08. The molecule has 2 saturated heterocycles. The van der Waals surface area contributed by atoms with Crippen LogP contribution in [0.25, 0.3) is 0 Å². The molecule has 2 aliphatic heterocycles. The lowest BCUT2D eigenvalue weighted by molar-refractivity contribution is -0.0716. The van der Waals surface area contributed by atoms with E-state index < -0.39 is 0 Å². The van der Waals surface area contributed by atoms with Gasteiger partial charge in [-0.3, -0.25) is 0 Å². The van der Waals surface area contributed by atoms with Gasteiger partial charge in [0.25, 0.3) is 0 Å². The summed E-state index contributed by atoms with van der Waals surface area (Å²) in [6, 6.07) is 11.1. The lowest BCUT2D eigenvalue weighted by atomic mass is 9.78. The van der Waals surface area contributed by atoms with Crippen molar-refractivity contribution in [2.75, 3.05) is 13.1 Å². The fraction of sp³-hybridized carbons (Fsp3) is 0.526. The molecule has 0 saturated carbocycles. The standard InChI is InChI=1S/C19H25N3O/c23-19-20-17-12-6-5-11-16(17)18(15-9-3-1-4-10-15)22(19)21-13-7-2-8-14-21/h1,3-6,9-10,16-18H,2,7-8,11-14H2,(H,20,23)/t16-,17?,18+/m0/s1. The zero-order chi connectivity index (χ0) is 15.6. The average Bonchev–Trinajstić information content (AvgIpc) is 2.62. The molecule has 1 aromatic carbocycles. The fourth-order valence-corrected chi connectivity index (χ4v) is 4.32. The number of carbonyl (C=O) groups excluding carboxylic acids is 1. The summed E-state index contributed by atoms with van der Waals surface area (Å²) in [4.78, 5) is 12.9. The highest BCUT2D eigenvalue weighted by Crippen LogP contribution is 2.40. The van der Waals surface area contributed by atoms with E-state index >= 15 is 0 Å². The normalized spacial score (nSPS) is 31.6. The molecule has 4 nitrogen and oxygen atoms in total.